The molecular formula is C20H22N2O6S2. The van der Waals surface area contributed by atoms with Crippen LogP contribution in [-0.2, 0) is 19.6 Å². The molecule has 2 N–H and O–H groups in total. The molecule has 3 aromatic rings. The lowest BCUT2D eigenvalue weighted by molar-refractivity contribution is -0.140. The van der Waals surface area contributed by atoms with E-state index in [0.717, 1.165) is 20.2 Å². The number of sulfonamides is 1. The highest BCUT2D eigenvalue weighted by atomic mass is 32.2. The quantitative estimate of drug-likeness (QED) is 0.593. The van der Waals surface area contributed by atoms with Crippen molar-refractivity contribution in [2.24, 2.45) is 5.92 Å². The molecule has 0 aliphatic heterocycles. The third-order valence-electron chi connectivity index (χ3n) is 4.79. The van der Waals surface area contributed by atoms with Gasteiger partial charge in [0, 0.05) is 32.9 Å². The van der Waals surface area contributed by atoms with Crippen LogP contribution in [-0.4, -0.2) is 45.8 Å². The van der Waals surface area contributed by atoms with Crippen LogP contribution in [0.2, 0.25) is 0 Å². The highest BCUT2D eigenvalue weighted by Gasteiger charge is 2.28. The monoisotopic (exact) mass is 450 g/mol. The van der Waals surface area contributed by atoms with Gasteiger partial charge in [0.25, 0.3) is 0 Å². The molecule has 10 heteroatoms. The second-order valence-electron chi connectivity index (χ2n) is 7.15. The number of methoxy groups -OCH3 is 1. The Kier molecular flexibility index (Phi) is 6.02. The summed E-state index contributed by atoms with van der Waals surface area (Å²) in [4.78, 5) is 24.5. The Morgan fingerprint density at radius 1 is 1.10 bits per heavy atom. The zero-order valence-electron chi connectivity index (χ0n) is 16.9. The number of nitrogens with zero attached hydrogens (tertiary/aromatic N) is 1. The first-order valence-electron chi connectivity index (χ1n) is 9.08. The number of carboxylic acids is 1. The van der Waals surface area contributed by atoms with Gasteiger partial charge in [-0.05, 0) is 30.2 Å². The number of carbonyl (C=O) groups excluding carboxylic acids is 1. The lowest BCUT2D eigenvalue weighted by Gasteiger charge is -2.18. The first-order valence-corrected chi connectivity index (χ1v) is 11.4. The molecule has 0 saturated heterocycles. The molecule has 1 heterocycles. The molecule has 8 nitrogen and oxygen atoms in total. The molecular weight excluding hydrogens is 428 g/mol. The molecule has 0 bridgehead atoms. The minimum Gasteiger partial charge on any atom is -0.480 e. The van der Waals surface area contributed by atoms with E-state index in [2.05, 4.69) is 4.72 Å². The van der Waals surface area contributed by atoms with Gasteiger partial charge >= 0.3 is 12.1 Å². The number of carbonyl (C=O) groups is 2. The zero-order valence-corrected chi connectivity index (χ0v) is 18.5. The fourth-order valence-electron chi connectivity index (χ4n) is 3.07. The molecule has 0 spiro atoms. The molecule has 3 rings (SSSR count). The molecule has 0 radical (unpaired) electrons. The Labute approximate surface area is 178 Å². The molecule has 1 unspecified atom stereocenters. The summed E-state index contributed by atoms with van der Waals surface area (Å²) < 4.78 is 34.1. The number of ether oxygens (including phenoxy) is 1. The second kappa shape index (κ2) is 8.21. The maximum Gasteiger partial charge on any atom is 0.413 e. The average Bonchev–Trinajstić information content (AvgIpc) is 3.07. The summed E-state index contributed by atoms with van der Waals surface area (Å²) in [6.07, 6.45) is -0.493. The van der Waals surface area contributed by atoms with Gasteiger partial charge in [-0.3, -0.25) is 9.69 Å². The average molecular weight is 451 g/mol. The molecule has 30 heavy (non-hydrogen) atoms. The first-order chi connectivity index (χ1) is 14.0. The molecule has 1 atom stereocenters. The molecule has 0 saturated carbocycles. The van der Waals surface area contributed by atoms with Gasteiger partial charge in [-0.2, -0.15) is 4.72 Å². The number of fused-ring (bicyclic) bond motifs is 3. The third kappa shape index (κ3) is 4.11. The number of benzene rings is 2. The topological polar surface area (TPSA) is 113 Å². The van der Waals surface area contributed by atoms with Crippen LogP contribution in [0, 0.1) is 5.92 Å². The van der Waals surface area contributed by atoms with E-state index in [9.17, 15) is 23.1 Å². The van der Waals surface area contributed by atoms with Crippen LogP contribution in [0.25, 0.3) is 20.2 Å². The summed E-state index contributed by atoms with van der Waals surface area (Å²) in [6, 6.07) is 8.98. The number of aliphatic carboxylic acids is 1. The van der Waals surface area contributed by atoms with Crippen LogP contribution in [0.1, 0.15) is 13.8 Å². The van der Waals surface area contributed by atoms with E-state index in [1.807, 2.05) is 12.1 Å². The lowest BCUT2D eigenvalue weighted by atomic mass is 10.1. The number of amides is 1. The summed E-state index contributed by atoms with van der Waals surface area (Å²) in [6.45, 7) is 3.28. The molecule has 1 amide bonds. The van der Waals surface area contributed by atoms with Crippen molar-refractivity contribution in [1.82, 2.24) is 4.72 Å². The number of hydrogen-bond acceptors (Lipinski definition) is 6. The van der Waals surface area contributed by atoms with Crippen molar-refractivity contribution in [3.8, 4) is 0 Å². The Morgan fingerprint density at radius 3 is 2.27 bits per heavy atom. The summed E-state index contributed by atoms with van der Waals surface area (Å²) in [7, 11) is -1.10. The van der Waals surface area contributed by atoms with E-state index in [0.29, 0.717) is 5.69 Å². The smallest absolute Gasteiger partial charge is 0.413 e. The Morgan fingerprint density at radius 2 is 1.70 bits per heavy atom. The summed E-state index contributed by atoms with van der Waals surface area (Å²) in [5, 5.41) is 11.1. The van der Waals surface area contributed by atoms with Crippen LogP contribution < -0.4 is 9.62 Å². The van der Waals surface area contributed by atoms with Crippen LogP contribution in [0.15, 0.2) is 41.3 Å². The van der Waals surface area contributed by atoms with Gasteiger partial charge in [0.15, 0.2) is 0 Å². The summed E-state index contributed by atoms with van der Waals surface area (Å²) in [5.74, 6) is -1.63. The largest absolute Gasteiger partial charge is 0.480 e. The molecule has 0 fully saturated rings. The van der Waals surface area contributed by atoms with Gasteiger partial charge in [0.1, 0.15) is 6.04 Å². The van der Waals surface area contributed by atoms with Crippen molar-refractivity contribution < 1.29 is 27.9 Å². The summed E-state index contributed by atoms with van der Waals surface area (Å²) in [5.41, 5.74) is 0.650. The molecule has 1 aromatic heterocycles. The van der Waals surface area contributed by atoms with Crippen molar-refractivity contribution in [3.05, 3.63) is 36.4 Å². The van der Waals surface area contributed by atoms with E-state index < -0.39 is 34.0 Å². The normalized spacial score (nSPS) is 13.0. The van der Waals surface area contributed by atoms with Gasteiger partial charge in [-0.25, -0.2) is 13.2 Å². The van der Waals surface area contributed by atoms with E-state index in [4.69, 9.17) is 4.74 Å². The number of hydrogen-bond donors (Lipinski definition) is 2. The zero-order chi connectivity index (χ0) is 22.2. The minimum atomic E-state index is -4.01. The second-order valence-corrected chi connectivity index (χ2v) is 9.95. The number of rotatable bonds is 6. The number of nitrogens with one attached hydrogen (secondary N) is 1. The van der Waals surface area contributed by atoms with Crippen molar-refractivity contribution >= 4 is 59.3 Å². The fraction of sp³-hybridized carbons (Fsp3) is 0.300. The van der Waals surface area contributed by atoms with Crippen molar-refractivity contribution in [1.29, 1.82) is 0 Å². The Bertz CT molecular complexity index is 1230. The maximum atomic E-state index is 12.7. The minimum absolute atomic E-state index is 0.000332. The van der Waals surface area contributed by atoms with Crippen LogP contribution in [0.4, 0.5) is 10.5 Å². The van der Waals surface area contributed by atoms with Crippen molar-refractivity contribution in [3.63, 3.8) is 0 Å². The van der Waals surface area contributed by atoms with E-state index >= 15 is 0 Å². The highest BCUT2D eigenvalue weighted by molar-refractivity contribution is 7.89. The number of anilines is 1. The van der Waals surface area contributed by atoms with Gasteiger partial charge < -0.3 is 9.84 Å². The van der Waals surface area contributed by atoms with Crippen LogP contribution >= 0.6 is 11.3 Å². The molecule has 0 aliphatic carbocycles. The first kappa shape index (κ1) is 22.0. The third-order valence-corrected chi connectivity index (χ3v) is 7.34. The van der Waals surface area contributed by atoms with Crippen LogP contribution in [0.5, 0.6) is 0 Å². The molecule has 160 valence electrons. The van der Waals surface area contributed by atoms with Crippen LogP contribution in [0.3, 0.4) is 0 Å². The Balaban J connectivity index is 2.02. The lowest BCUT2D eigenvalue weighted by Crippen LogP contribution is -2.44. The predicted octanol–water partition coefficient (Wildman–Crippen LogP) is 3.64. The maximum absolute atomic E-state index is 12.7. The van der Waals surface area contributed by atoms with E-state index in [1.54, 1.807) is 33.0 Å². The molecule has 2 aromatic carbocycles. The number of carboxylic acid groups (broad SMARTS) is 1. The van der Waals surface area contributed by atoms with Gasteiger partial charge in [0.05, 0.1) is 12.0 Å². The summed E-state index contributed by atoms with van der Waals surface area (Å²) >= 11 is 1.39. The highest BCUT2D eigenvalue weighted by Crippen LogP contribution is 2.37. The van der Waals surface area contributed by atoms with Crippen molar-refractivity contribution in [2.45, 2.75) is 24.8 Å². The standard InChI is InChI=1S/C20H22N2O6S2/c1-11(2)18(19(23)24)21-30(26,27)13-6-8-15-14-7-5-12(22(3)20(25)28-4)9-16(14)29-17(15)10-13/h5-11,18,21H,1-4H3,(H,23,24). The van der Waals surface area contributed by atoms with Gasteiger partial charge in [-0.1, -0.05) is 26.0 Å². The Hall–Kier alpha value is -2.69. The van der Waals surface area contributed by atoms with Gasteiger partial charge in [-0.15, -0.1) is 11.3 Å². The fourth-order valence-corrected chi connectivity index (χ4v) is 5.69. The number of thiophene rings is 1. The predicted molar refractivity (Wildman–Crippen MR) is 117 cm³/mol. The van der Waals surface area contributed by atoms with E-state index in [-0.39, 0.29) is 4.90 Å². The van der Waals surface area contributed by atoms with Gasteiger partial charge in [0.2, 0.25) is 10.0 Å². The SMILES string of the molecule is COC(=O)N(C)c1ccc2c(c1)sc1cc(S(=O)(=O)NC(C(=O)O)C(C)C)ccc12. The van der Waals surface area contributed by atoms with Crippen molar-refractivity contribution in [2.75, 3.05) is 19.1 Å². The molecule has 0 aliphatic rings. The van der Waals surface area contributed by atoms with E-state index in [1.165, 1.54) is 35.5 Å².